The maximum atomic E-state index is 11.5. The van der Waals surface area contributed by atoms with Crippen LogP contribution in [-0.2, 0) is 0 Å². The molecule has 0 aromatic rings. The maximum Gasteiger partial charge on any atom is 0.0622 e. The van der Waals surface area contributed by atoms with Gasteiger partial charge < -0.3 is 5.11 Å². The molecule has 0 spiro atoms. The molecule has 0 aromatic carbocycles. The Balaban J connectivity index is 0.850. The highest BCUT2D eigenvalue weighted by Gasteiger charge is 2.75. The topological polar surface area (TPSA) is 20.2 Å². The highest BCUT2D eigenvalue weighted by atomic mass is 16.3. The zero-order valence-corrected chi connectivity index (χ0v) is 24.0. The second-order valence-corrected chi connectivity index (χ2v) is 18.3. The van der Waals surface area contributed by atoms with E-state index < -0.39 is 0 Å². The maximum absolute atomic E-state index is 11.5. The predicted octanol–water partition coefficient (Wildman–Crippen LogP) is 7.92. The van der Waals surface area contributed by atoms with Crippen molar-refractivity contribution in [3.05, 3.63) is 0 Å². The molecule has 0 heterocycles. The van der Waals surface area contributed by atoms with Gasteiger partial charge in [-0.1, -0.05) is 13.8 Å². The summed E-state index contributed by atoms with van der Waals surface area (Å²) in [7, 11) is 0. The largest absolute Gasteiger partial charge is 0.390 e. The molecule has 0 amide bonds. The lowest BCUT2D eigenvalue weighted by atomic mass is 9.34. The average Bonchev–Trinajstić information content (AvgIpc) is 3.34. The van der Waals surface area contributed by atoms with Gasteiger partial charge in [0.25, 0.3) is 0 Å². The molecule has 16 unspecified atom stereocenters. The molecule has 204 valence electrons. The minimum absolute atomic E-state index is 0.387. The van der Waals surface area contributed by atoms with Gasteiger partial charge in [-0.2, -0.15) is 0 Å². The number of fused-ring (bicyclic) bond motifs is 1. The molecule has 17 atom stereocenters. The van der Waals surface area contributed by atoms with E-state index in [0.29, 0.717) is 0 Å². The summed E-state index contributed by atoms with van der Waals surface area (Å²) in [6, 6.07) is 0. The van der Waals surface area contributed by atoms with Crippen molar-refractivity contribution in [2.45, 2.75) is 103 Å². The first-order chi connectivity index (χ1) is 17.9. The molecule has 0 saturated heterocycles. The van der Waals surface area contributed by atoms with Crippen molar-refractivity contribution in [1.29, 1.82) is 0 Å². The van der Waals surface area contributed by atoms with Crippen LogP contribution in [0.3, 0.4) is 0 Å². The van der Waals surface area contributed by atoms with E-state index >= 15 is 0 Å². The Kier molecular flexibility index (Phi) is 4.42. The molecule has 14 aliphatic carbocycles. The van der Waals surface area contributed by atoms with E-state index in [1.54, 1.807) is 51.4 Å². The molecule has 0 aliphatic heterocycles. The van der Waals surface area contributed by atoms with Gasteiger partial charge in [0.2, 0.25) is 0 Å². The fraction of sp³-hybridized carbons (Fsp3) is 1.00. The van der Waals surface area contributed by atoms with E-state index in [1.807, 2.05) is 0 Å². The Morgan fingerprint density at radius 3 is 1.84 bits per heavy atom. The molecular weight excluding hydrogens is 448 g/mol. The first kappa shape index (κ1) is 22.6. The second-order valence-electron chi connectivity index (χ2n) is 18.3. The van der Waals surface area contributed by atoms with Crippen LogP contribution < -0.4 is 0 Å². The summed E-state index contributed by atoms with van der Waals surface area (Å²) in [4.78, 5) is 0. The second kappa shape index (κ2) is 7.23. The normalized spacial score (nSPS) is 71.7. The zero-order valence-electron chi connectivity index (χ0n) is 24.0. The lowest BCUT2D eigenvalue weighted by Gasteiger charge is -2.70. The monoisotopic (exact) mass is 502 g/mol. The fourth-order valence-electron chi connectivity index (χ4n) is 14.7. The Morgan fingerprint density at radius 2 is 1.11 bits per heavy atom. The van der Waals surface area contributed by atoms with E-state index in [2.05, 4.69) is 20.8 Å². The first-order valence-electron chi connectivity index (χ1n) is 17.6. The summed E-state index contributed by atoms with van der Waals surface area (Å²) in [6.45, 7) is 7.52. The van der Waals surface area contributed by atoms with Crippen LogP contribution in [0.5, 0.6) is 0 Å². The van der Waals surface area contributed by atoms with Gasteiger partial charge >= 0.3 is 0 Å². The van der Waals surface area contributed by atoms with Gasteiger partial charge in [0.05, 0.1) is 5.60 Å². The first-order valence-corrected chi connectivity index (χ1v) is 17.6. The van der Waals surface area contributed by atoms with Crippen LogP contribution in [-0.4, -0.2) is 10.7 Å². The van der Waals surface area contributed by atoms with Crippen molar-refractivity contribution in [2.75, 3.05) is 0 Å². The number of rotatable bonds is 0. The minimum atomic E-state index is -0.387. The Bertz CT molecular complexity index is 971. The predicted molar refractivity (Wildman–Crippen MR) is 147 cm³/mol. The minimum Gasteiger partial charge on any atom is -0.390 e. The third-order valence-electron chi connectivity index (χ3n) is 17.5. The quantitative estimate of drug-likeness (QED) is 0.357. The third kappa shape index (κ3) is 2.83. The Hall–Kier alpha value is -0.0400. The van der Waals surface area contributed by atoms with Crippen LogP contribution >= 0.6 is 0 Å². The molecule has 1 heteroatoms. The van der Waals surface area contributed by atoms with Gasteiger partial charge in [-0.05, 0) is 202 Å². The summed E-state index contributed by atoms with van der Waals surface area (Å²) in [5, 5.41) is 11.5. The van der Waals surface area contributed by atoms with Crippen LogP contribution in [0.2, 0.25) is 0 Å². The molecule has 0 aromatic heterocycles. The Labute approximate surface area is 226 Å². The molecular formula is C36H54O. The molecule has 14 aliphatic rings. The average molecular weight is 503 g/mol. The van der Waals surface area contributed by atoms with Crippen molar-refractivity contribution in [3.63, 3.8) is 0 Å². The number of hydrogen-bond acceptors (Lipinski definition) is 1. The highest BCUT2D eigenvalue weighted by Crippen LogP contribution is 2.80. The zero-order chi connectivity index (χ0) is 24.5. The molecule has 0 radical (unpaired) electrons. The number of hydrogen-bond donors (Lipinski definition) is 1. The van der Waals surface area contributed by atoms with Crippen molar-refractivity contribution in [3.8, 4) is 0 Å². The molecule has 37 heavy (non-hydrogen) atoms. The van der Waals surface area contributed by atoms with E-state index in [1.165, 1.54) is 18.8 Å². The van der Waals surface area contributed by atoms with Crippen LogP contribution in [0.25, 0.3) is 0 Å². The van der Waals surface area contributed by atoms with Crippen LogP contribution in [0.1, 0.15) is 97.8 Å². The van der Waals surface area contributed by atoms with Crippen LogP contribution in [0, 0.1) is 118 Å². The molecule has 1 nitrogen and oxygen atoms in total. The molecule has 14 rings (SSSR count). The van der Waals surface area contributed by atoms with Gasteiger partial charge in [-0.15, -0.1) is 0 Å². The molecule has 14 fully saturated rings. The SMILES string of the molecule is CC1C2CC(C2)C2CC(C2)C2CC3CC(C4CC5C(CC[C@@](C)(O)CC6C7C8CC(C1C)C8C67)CC54)C32. The van der Waals surface area contributed by atoms with E-state index in [9.17, 15) is 5.11 Å². The molecule has 14 saturated carbocycles. The van der Waals surface area contributed by atoms with Gasteiger partial charge in [0, 0.05) is 0 Å². The summed E-state index contributed by atoms with van der Waals surface area (Å²) >= 11 is 0. The smallest absolute Gasteiger partial charge is 0.0622 e. The third-order valence-corrected chi connectivity index (χ3v) is 17.5. The van der Waals surface area contributed by atoms with Crippen LogP contribution in [0.4, 0.5) is 0 Å². The van der Waals surface area contributed by atoms with Gasteiger partial charge in [-0.3, -0.25) is 0 Å². The standard InChI is InChI=1S/C36H54O/c1-16-17(2)24-13-30-33(24)35-31(34(30)35)15-36(3,37)5-4-18-10-27-25(18)14-28(27)29-12-23-11-26(32(23)29)22-8-21(9-22)20-6-19(16)7-20/h16-35,37H,4-15H2,1-3H3/t16?,17?,18?,19?,20?,21?,22?,23?,24?,25?,26?,27?,28?,29?,30?,31?,32?,33?,34?,35?,36-/m1/s1. The van der Waals surface area contributed by atoms with Crippen molar-refractivity contribution >= 4 is 0 Å². The fourth-order valence-corrected chi connectivity index (χ4v) is 14.7. The van der Waals surface area contributed by atoms with Gasteiger partial charge in [0.15, 0.2) is 0 Å². The molecule has 8 bridgehead atoms. The molecule has 1 N–H and O–H groups in total. The van der Waals surface area contributed by atoms with E-state index in [-0.39, 0.29) is 5.60 Å². The van der Waals surface area contributed by atoms with Crippen molar-refractivity contribution < 1.29 is 5.11 Å². The van der Waals surface area contributed by atoms with Crippen molar-refractivity contribution in [1.82, 2.24) is 0 Å². The van der Waals surface area contributed by atoms with Crippen molar-refractivity contribution in [2.24, 2.45) is 118 Å². The lowest BCUT2D eigenvalue weighted by molar-refractivity contribution is -0.218. The lowest BCUT2D eigenvalue weighted by Crippen LogP contribution is -2.64. The summed E-state index contributed by atoms with van der Waals surface area (Å²) < 4.78 is 0. The van der Waals surface area contributed by atoms with Gasteiger partial charge in [0.1, 0.15) is 0 Å². The summed E-state index contributed by atoms with van der Waals surface area (Å²) in [5.41, 5.74) is -0.387. The summed E-state index contributed by atoms with van der Waals surface area (Å²) in [5.74, 6) is 21.4. The van der Waals surface area contributed by atoms with E-state index in [0.717, 1.165) is 125 Å². The van der Waals surface area contributed by atoms with E-state index in [4.69, 9.17) is 0 Å². The number of aliphatic hydroxyl groups is 1. The highest BCUT2D eigenvalue weighted by molar-refractivity contribution is 5.23. The summed E-state index contributed by atoms with van der Waals surface area (Å²) in [6.07, 6.45) is 17.9. The van der Waals surface area contributed by atoms with Crippen LogP contribution in [0.15, 0.2) is 0 Å². The van der Waals surface area contributed by atoms with Gasteiger partial charge in [-0.25, -0.2) is 0 Å². The Morgan fingerprint density at radius 1 is 0.459 bits per heavy atom.